The summed E-state index contributed by atoms with van der Waals surface area (Å²) in [4.78, 5) is 4.17. The summed E-state index contributed by atoms with van der Waals surface area (Å²) >= 11 is 0. The van der Waals surface area contributed by atoms with Crippen molar-refractivity contribution in [3.8, 4) is 0 Å². The van der Waals surface area contributed by atoms with Crippen molar-refractivity contribution < 1.29 is 0 Å². The first-order valence-electron chi connectivity index (χ1n) is 3.07. The summed E-state index contributed by atoms with van der Waals surface area (Å²) in [5.41, 5.74) is 2.48. The second-order valence-corrected chi connectivity index (χ2v) is 2.14. The van der Waals surface area contributed by atoms with Crippen LogP contribution >= 0.6 is 0 Å². The maximum absolute atomic E-state index is 4.17. The fourth-order valence-corrected chi connectivity index (χ4v) is 1.05. The van der Waals surface area contributed by atoms with Gasteiger partial charge in [-0.1, -0.05) is 18.2 Å². The quantitative estimate of drug-likeness (QED) is 0.649. The molecule has 0 bridgehead atoms. The predicted octanol–water partition coefficient (Wildman–Crippen LogP) is 1.95. The Labute approximate surface area is 54.1 Å². The van der Waals surface area contributed by atoms with E-state index in [0.717, 1.165) is 12.1 Å². The Kier molecular flexibility index (Phi) is 1.21. The standard InChI is InChI=1S/C8H7N.Rf/c1-2-4-8-7(3-1)5-6-9-8;/h1-4,6H,5H2;. The minimum absolute atomic E-state index is 0. The maximum atomic E-state index is 4.17. The largest absolute Gasteiger partial charge is 0.261 e. The normalized spacial score (nSPS) is 12.4. The van der Waals surface area contributed by atoms with Crippen molar-refractivity contribution in [2.75, 3.05) is 0 Å². The number of fused-ring (bicyclic) bond motifs is 1. The number of para-hydroxylation sites is 1. The van der Waals surface area contributed by atoms with Gasteiger partial charge in [-0.05, 0) is 11.6 Å². The van der Waals surface area contributed by atoms with Crippen molar-refractivity contribution in [1.29, 1.82) is 0 Å². The molecule has 1 nitrogen and oxygen atoms in total. The summed E-state index contributed by atoms with van der Waals surface area (Å²) in [7, 11) is 0. The van der Waals surface area contributed by atoms with E-state index in [9.17, 15) is 0 Å². The number of hydrogen-bond donors (Lipinski definition) is 0. The summed E-state index contributed by atoms with van der Waals surface area (Å²) in [6.07, 6.45) is 2.96. The number of hydrogen-bond acceptors (Lipinski definition) is 1. The van der Waals surface area contributed by atoms with Crippen LogP contribution in [0.2, 0.25) is 0 Å². The van der Waals surface area contributed by atoms with Gasteiger partial charge in [-0.25, -0.2) is 0 Å². The molecule has 0 N–H and O–H groups in total. The third-order valence-corrected chi connectivity index (χ3v) is 1.53. The molecule has 46 valence electrons. The molecule has 0 fully saturated rings. The zero-order valence-corrected chi connectivity index (χ0v) is 12.1. The molecule has 10 heavy (non-hydrogen) atoms. The summed E-state index contributed by atoms with van der Waals surface area (Å²) in [5.74, 6) is 0. The Morgan fingerprint density at radius 3 is 2.80 bits per heavy atom. The van der Waals surface area contributed by atoms with E-state index in [2.05, 4.69) is 11.1 Å². The second-order valence-electron chi connectivity index (χ2n) is 2.14. The first kappa shape index (κ1) is 6.02. The van der Waals surface area contributed by atoms with Crippen LogP contribution in [0.5, 0.6) is 0 Å². The van der Waals surface area contributed by atoms with Gasteiger partial charge in [-0.2, -0.15) is 0 Å². The SMILES string of the molecule is C1=Nc2ccccc2C1.[Rf]. The molecule has 2 rings (SSSR count). The van der Waals surface area contributed by atoms with Crippen molar-refractivity contribution in [3.63, 3.8) is 0 Å². The van der Waals surface area contributed by atoms with Gasteiger partial charge in [0.2, 0.25) is 0 Å². The van der Waals surface area contributed by atoms with Crippen molar-refractivity contribution in [1.82, 2.24) is 0 Å². The molecule has 1 aliphatic rings. The molecule has 0 spiro atoms. The van der Waals surface area contributed by atoms with Gasteiger partial charge in [-0.3, -0.25) is 4.99 Å². The molecule has 0 saturated carbocycles. The van der Waals surface area contributed by atoms with Crippen molar-refractivity contribution in [2.45, 2.75) is 6.42 Å². The van der Waals surface area contributed by atoms with E-state index in [4.69, 9.17) is 0 Å². The van der Waals surface area contributed by atoms with Crippen molar-refractivity contribution in [3.05, 3.63) is 29.8 Å². The Bertz CT molecular complexity index is 255. The fraction of sp³-hybridized carbons (Fsp3) is 0.125. The Balaban J connectivity index is 0.000000500. The molecule has 0 amide bonds. The summed E-state index contributed by atoms with van der Waals surface area (Å²) < 4.78 is 0. The number of aliphatic imine (C=N–C) groups is 1. The molecule has 0 atom stereocenters. The average molecular weight is 384 g/mol. The van der Waals surface area contributed by atoms with Crippen LogP contribution in [0.1, 0.15) is 5.56 Å². The maximum Gasteiger partial charge on any atom is 0.0661 e. The minimum Gasteiger partial charge on any atom is -0.261 e. The van der Waals surface area contributed by atoms with Gasteiger partial charge < -0.3 is 0 Å². The fourth-order valence-electron chi connectivity index (χ4n) is 1.05. The number of benzene rings is 1. The topological polar surface area (TPSA) is 12.4 Å². The van der Waals surface area contributed by atoms with E-state index in [1.54, 1.807) is 0 Å². The Morgan fingerprint density at radius 1 is 1.20 bits per heavy atom. The summed E-state index contributed by atoms with van der Waals surface area (Å²) in [6.45, 7) is 0. The molecular weight excluding hydrogens is 377 g/mol. The smallest absolute Gasteiger partial charge is 0.0661 e. The van der Waals surface area contributed by atoms with Crippen LogP contribution < -0.4 is 0 Å². The van der Waals surface area contributed by atoms with Gasteiger partial charge in [0.25, 0.3) is 0 Å². The minimum atomic E-state index is 0. The van der Waals surface area contributed by atoms with Crippen LogP contribution in [0.25, 0.3) is 0 Å². The molecule has 1 aliphatic heterocycles. The third kappa shape index (κ3) is 0.635. The molecule has 2 heteroatoms. The summed E-state index contributed by atoms with van der Waals surface area (Å²) in [6, 6.07) is 8.22. The Morgan fingerprint density at radius 2 is 2.00 bits per heavy atom. The first-order chi connectivity index (χ1) is 4.47. The van der Waals surface area contributed by atoms with E-state index < -0.39 is 0 Å². The van der Waals surface area contributed by atoms with Crippen molar-refractivity contribution in [2.24, 2.45) is 4.99 Å². The zero-order chi connectivity index (χ0) is 6.10. The predicted molar refractivity (Wildman–Crippen MR) is 38.3 cm³/mol. The summed E-state index contributed by atoms with van der Waals surface area (Å²) in [5, 5.41) is 0. The molecule has 0 aliphatic carbocycles. The molecule has 1 heterocycles. The van der Waals surface area contributed by atoms with Gasteiger partial charge >= 0.3 is 0 Å². The molecule has 1 aromatic carbocycles. The molecule has 0 saturated heterocycles. The van der Waals surface area contributed by atoms with Gasteiger partial charge in [0.15, 0.2) is 0 Å². The van der Waals surface area contributed by atoms with Crippen molar-refractivity contribution >= 4 is 11.9 Å². The van der Waals surface area contributed by atoms with E-state index in [-0.39, 0.29) is 0 Å². The van der Waals surface area contributed by atoms with Crippen LogP contribution in [0.3, 0.4) is 0 Å². The zero-order valence-electron chi connectivity index (χ0n) is 5.75. The van der Waals surface area contributed by atoms with E-state index in [1.807, 2.05) is 24.4 Å². The second kappa shape index (κ2) is 2.02. The van der Waals surface area contributed by atoms with E-state index >= 15 is 0 Å². The van der Waals surface area contributed by atoms with Crippen LogP contribution in [-0.2, 0) is 6.42 Å². The molecular formula is C8H7NRf. The molecule has 0 aromatic heterocycles. The first-order valence-corrected chi connectivity index (χ1v) is 3.07. The van der Waals surface area contributed by atoms with Gasteiger partial charge in [0.05, 0.1) is 5.69 Å². The number of rotatable bonds is 0. The Hall–Kier alpha value is -2.11. The number of nitrogens with zero attached hydrogens (tertiary/aromatic N) is 1. The van der Waals surface area contributed by atoms with E-state index in [0.29, 0.717) is 0 Å². The van der Waals surface area contributed by atoms with Crippen LogP contribution in [0, 0.1) is 0 Å². The van der Waals surface area contributed by atoms with Crippen LogP contribution in [-0.4, -0.2) is 6.21 Å². The van der Waals surface area contributed by atoms with Gasteiger partial charge in [0, 0.05) is 12.6 Å². The average Bonchev–Trinajstić information content (AvgIpc) is 2.33. The van der Waals surface area contributed by atoms with Crippen LogP contribution in [0.15, 0.2) is 29.3 Å². The van der Waals surface area contributed by atoms with Gasteiger partial charge in [-0.15, -0.1) is 0 Å². The third-order valence-electron chi connectivity index (χ3n) is 1.53. The molecule has 0 unspecified atom stereocenters. The molecule has 0 radical (unpaired) electrons. The monoisotopic (exact) mass is 384 g/mol. The molecule has 1 aromatic rings. The van der Waals surface area contributed by atoms with Crippen LogP contribution in [0.4, 0.5) is 5.69 Å². The van der Waals surface area contributed by atoms with Gasteiger partial charge in [0.1, 0.15) is 0 Å². The van der Waals surface area contributed by atoms with E-state index in [1.165, 1.54) is 5.56 Å².